The van der Waals surface area contributed by atoms with Gasteiger partial charge in [-0.1, -0.05) is 30.0 Å². The average molecular weight is 372 g/mol. The molecule has 0 aliphatic carbocycles. The summed E-state index contributed by atoms with van der Waals surface area (Å²) in [5.41, 5.74) is 1.06. The molecule has 1 aromatic heterocycles. The number of rotatable bonds is 6. The van der Waals surface area contributed by atoms with Crippen LogP contribution in [0.15, 0.2) is 35.5 Å². The molecule has 0 radical (unpaired) electrons. The highest BCUT2D eigenvalue weighted by atomic mass is 32.2. The highest BCUT2D eigenvalue weighted by molar-refractivity contribution is 7.99. The van der Waals surface area contributed by atoms with E-state index >= 15 is 0 Å². The molecule has 2 aliphatic rings. The van der Waals surface area contributed by atoms with Crippen molar-refractivity contribution >= 4 is 17.7 Å². The van der Waals surface area contributed by atoms with Gasteiger partial charge in [-0.15, -0.1) is 10.2 Å². The molecule has 0 atom stereocenters. The molecule has 0 N–H and O–H groups in total. The monoisotopic (exact) mass is 371 g/mol. The summed E-state index contributed by atoms with van der Waals surface area (Å²) in [7, 11) is 0. The van der Waals surface area contributed by atoms with Gasteiger partial charge in [0.2, 0.25) is 5.91 Å². The van der Waals surface area contributed by atoms with E-state index in [1.54, 1.807) is 0 Å². The molecular weight excluding hydrogens is 346 g/mol. The number of nitrogens with zero attached hydrogens (tertiary/aromatic N) is 5. The van der Waals surface area contributed by atoms with Gasteiger partial charge in [-0.2, -0.15) is 0 Å². The van der Waals surface area contributed by atoms with E-state index in [2.05, 4.69) is 31.8 Å². The minimum atomic E-state index is 0.205. The molecule has 1 aromatic carbocycles. The highest BCUT2D eigenvalue weighted by Gasteiger charge is 2.22. The molecule has 26 heavy (non-hydrogen) atoms. The van der Waals surface area contributed by atoms with Crippen molar-refractivity contribution in [2.45, 2.75) is 37.4 Å². The molecule has 2 aliphatic heterocycles. The third-order valence-electron chi connectivity index (χ3n) is 5.06. The van der Waals surface area contributed by atoms with Crippen molar-refractivity contribution in [3.05, 3.63) is 36.2 Å². The van der Waals surface area contributed by atoms with Crippen LogP contribution in [-0.4, -0.2) is 62.4 Å². The lowest BCUT2D eigenvalue weighted by molar-refractivity contribution is -0.127. The number of likely N-dealkylation sites (tertiary alicyclic amines) is 2. The zero-order valence-electron chi connectivity index (χ0n) is 15.0. The number of benzene rings is 1. The number of amides is 1. The van der Waals surface area contributed by atoms with Crippen LogP contribution in [0.4, 0.5) is 0 Å². The van der Waals surface area contributed by atoms with E-state index in [1.165, 1.54) is 24.6 Å². The maximum absolute atomic E-state index is 12.4. The average Bonchev–Trinajstić information content (AvgIpc) is 3.43. The van der Waals surface area contributed by atoms with Gasteiger partial charge in [-0.25, -0.2) is 0 Å². The molecule has 6 nitrogen and oxygen atoms in total. The van der Waals surface area contributed by atoms with Gasteiger partial charge in [0.1, 0.15) is 0 Å². The van der Waals surface area contributed by atoms with E-state index < -0.39 is 0 Å². The third-order valence-corrected chi connectivity index (χ3v) is 5.98. The second-order valence-electron chi connectivity index (χ2n) is 6.93. The third kappa shape index (κ3) is 3.94. The molecule has 0 bridgehead atoms. The molecule has 2 aromatic rings. The van der Waals surface area contributed by atoms with Crippen molar-refractivity contribution in [3.63, 3.8) is 0 Å². The highest BCUT2D eigenvalue weighted by Crippen LogP contribution is 2.24. The Hall–Kier alpha value is -1.86. The molecule has 2 saturated heterocycles. The van der Waals surface area contributed by atoms with E-state index in [-0.39, 0.29) is 5.91 Å². The Morgan fingerprint density at radius 3 is 2.38 bits per heavy atom. The summed E-state index contributed by atoms with van der Waals surface area (Å²) in [4.78, 5) is 16.8. The summed E-state index contributed by atoms with van der Waals surface area (Å²) in [5.74, 6) is 1.58. The predicted octanol–water partition coefficient (Wildman–Crippen LogP) is 2.58. The Morgan fingerprint density at radius 1 is 0.962 bits per heavy atom. The maximum Gasteiger partial charge on any atom is 0.233 e. The zero-order chi connectivity index (χ0) is 17.8. The first-order chi connectivity index (χ1) is 12.8. The van der Waals surface area contributed by atoms with Gasteiger partial charge in [-0.3, -0.25) is 14.3 Å². The van der Waals surface area contributed by atoms with Crippen LogP contribution in [0.5, 0.6) is 0 Å². The van der Waals surface area contributed by atoms with Crippen LogP contribution < -0.4 is 0 Å². The second kappa shape index (κ2) is 8.22. The molecule has 4 rings (SSSR count). The quantitative estimate of drug-likeness (QED) is 0.731. The lowest BCUT2D eigenvalue weighted by Gasteiger charge is -2.17. The standard InChI is InChI=1S/C19H25N5OS/c25-18(23-12-6-7-13-23)15-26-19-21-20-17(14-22-10-4-5-11-22)24(19)16-8-2-1-3-9-16/h1-3,8-9H,4-7,10-15H2. The van der Waals surface area contributed by atoms with Crippen molar-refractivity contribution in [2.75, 3.05) is 31.9 Å². The number of carbonyl (C=O) groups is 1. The van der Waals surface area contributed by atoms with Crippen molar-refractivity contribution in [3.8, 4) is 5.69 Å². The van der Waals surface area contributed by atoms with Crippen molar-refractivity contribution < 1.29 is 4.79 Å². The summed E-state index contributed by atoms with van der Waals surface area (Å²) in [6.45, 7) is 4.84. The van der Waals surface area contributed by atoms with Gasteiger partial charge in [0.15, 0.2) is 11.0 Å². The van der Waals surface area contributed by atoms with Crippen LogP contribution >= 0.6 is 11.8 Å². The molecule has 138 valence electrons. The number of para-hydroxylation sites is 1. The lowest BCUT2D eigenvalue weighted by Crippen LogP contribution is -2.29. The molecule has 3 heterocycles. The van der Waals surface area contributed by atoms with Gasteiger partial charge in [0.05, 0.1) is 12.3 Å². The van der Waals surface area contributed by atoms with Crippen molar-refractivity contribution in [1.29, 1.82) is 0 Å². The van der Waals surface area contributed by atoms with E-state index in [0.717, 1.165) is 62.2 Å². The van der Waals surface area contributed by atoms with Crippen LogP contribution in [-0.2, 0) is 11.3 Å². The number of hydrogen-bond donors (Lipinski definition) is 0. The van der Waals surface area contributed by atoms with E-state index in [0.29, 0.717) is 5.75 Å². The minimum absolute atomic E-state index is 0.205. The maximum atomic E-state index is 12.4. The normalized spacial score (nSPS) is 17.9. The topological polar surface area (TPSA) is 54.3 Å². The lowest BCUT2D eigenvalue weighted by atomic mass is 10.3. The molecule has 0 saturated carbocycles. The van der Waals surface area contributed by atoms with Crippen LogP contribution in [0.2, 0.25) is 0 Å². The summed E-state index contributed by atoms with van der Waals surface area (Å²) < 4.78 is 2.11. The van der Waals surface area contributed by atoms with Gasteiger partial charge in [0, 0.05) is 18.8 Å². The Labute approximate surface area is 158 Å². The van der Waals surface area contributed by atoms with Crippen molar-refractivity contribution in [1.82, 2.24) is 24.6 Å². The SMILES string of the molecule is O=C(CSc1nnc(CN2CCCC2)n1-c1ccccc1)N1CCCC1. The number of hydrogen-bond acceptors (Lipinski definition) is 5. The molecule has 2 fully saturated rings. The molecule has 0 spiro atoms. The first-order valence-corrected chi connectivity index (χ1v) is 10.4. The van der Waals surface area contributed by atoms with Crippen LogP contribution in [0.3, 0.4) is 0 Å². The Kier molecular flexibility index (Phi) is 5.55. The van der Waals surface area contributed by atoms with E-state index in [9.17, 15) is 4.79 Å². The molecule has 7 heteroatoms. The predicted molar refractivity (Wildman–Crippen MR) is 102 cm³/mol. The van der Waals surface area contributed by atoms with Gasteiger partial charge >= 0.3 is 0 Å². The smallest absolute Gasteiger partial charge is 0.233 e. The summed E-state index contributed by atoms with van der Waals surface area (Å²) in [6, 6.07) is 10.2. The summed E-state index contributed by atoms with van der Waals surface area (Å²) in [6.07, 6.45) is 4.75. The molecular formula is C19H25N5OS. The zero-order valence-corrected chi connectivity index (χ0v) is 15.8. The summed E-state index contributed by atoms with van der Waals surface area (Å²) >= 11 is 1.50. The second-order valence-corrected chi connectivity index (χ2v) is 7.87. The number of aromatic nitrogens is 3. The molecule has 1 amide bonds. The molecule has 0 unspecified atom stereocenters. The number of thioether (sulfide) groups is 1. The Bertz CT molecular complexity index is 736. The van der Waals surface area contributed by atoms with Crippen LogP contribution in [0.1, 0.15) is 31.5 Å². The number of carbonyl (C=O) groups excluding carboxylic acids is 1. The van der Waals surface area contributed by atoms with E-state index in [1.807, 2.05) is 23.1 Å². The largest absolute Gasteiger partial charge is 0.342 e. The van der Waals surface area contributed by atoms with Crippen LogP contribution in [0, 0.1) is 0 Å². The van der Waals surface area contributed by atoms with Gasteiger partial charge < -0.3 is 4.90 Å². The Balaban J connectivity index is 1.53. The fraction of sp³-hybridized carbons (Fsp3) is 0.526. The first kappa shape index (κ1) is 17.5. The minimum Gasteiger partial charge on any atom is -0.342 e. The van der Waals surface area contributed by atoms with Gasteiger partial charge in [-0.05, 0) is 50.9 Å². The van der Waals surface area contributed by atoms with Crippen molar-refractivity contribution in [2.24, 2.45) is 0 Å². The van der Waals surface area contributed by atoms with E-state index in [4.69, 9.17) is 0 Å². The fourth-order valence-corrected chi connectivity index (χ4v) is 4.53. The fourth-order valence-electron chi connectivity index (χ4n) is 3.66. The van der Waals surface area contributed by atoms with Gasteiger partial charge in [0.25, 0.3) is 0 Å². The Morgan fingerprint density at radius 2 is 1.65 bits per heavy atom. The van der Waals surface area contributed by atoms with Crippen LogP contribution in [0.25, 0.3) is 5.69 Å². The first-order valence-electron chi connectivity index (χ1n) is 9.44. The summed E-state index contributed by atoms with van der Waals surface area (Å²) in [5, 5.41) is 9.67.